The first-order chi connectivity index (χ1) is 8.59. The first-order valence-electron chi connectivity index (χ1n) is 5.94. The summed E-state index contributed by atoms with van der Waals surface area (Å²) < 4.78 is 1.69. The molecule has 3 heteroatoms. The molecule has 0 fully saturated rings. The van der Waals surface area contributed by atoms with Crippen molar-refractivity contribution in [3.63, 3.8) is 0 Å². The highest BCUT2D eigenvalue weighted by Crippen LogP contribution is 2.26. The average Bonchev–Trinajstić information content (AvgIpc) is 2.35. The fraction of sp³-hybridized carbons (Fsp3) is 0.267. The minimum atomic E-state index is 0.0494. The number of hydrogen-bond donors (Lipinski definition) is 0. The Balaban J connectivity index is 2.47. The molecule has 0 saturated heterocycles. The van der Waals surface area contributed by atoms with Gasteiger partial charge in [0, 0.05) is 29.1 Å². The second-order valence-corrected chi connectivity index (χ2v) is 5.58. The quantitative estimate of drug-likeness (QED) is 0.620. The monoisotopic (exact) mass is 259 g/mol. The minimum absolute atomic E-state index is 0.0494. The molecular formula is C15H17NOS. The zero-order valence-electron chi connectivity index (χ0n) is 10.9. The van der Waals surface area contributed by atoms with E-state index < -0.39 is 0 Å². The van der Waals surface area contributed by atoms with Gasteiger partial charge in [0.05, 0.1) is 5.52 Å². The van der Waals surface area contributed by atoms with E-state index in [1.54, 1.807) is 22.4 Å². The van der Waals surface area contributed by atoms with Crippen molar-refractivity contribution < 1.29 is 0 Å². The molecule has 0 unspecified atom stereocenters. The van der Waals surface area contributed by atoms with Crippen molar-refractivity contribution in [2.24, 2.45) is 7.05 Å². The number of fused-ring (bicyclic) bond motifs is 1. The van der Waals surface area contributed by atoms with Crippen LogP contribution in [-0.4, -0.2) is 10.3 Å². The molecule has 0 radical (unpaired) electrons. The van der Waals surface area contributed by atoms with Gasteiger partial charge in [0.2, 0.25) is 0 Å². The van der Waals surface area contributed by atoms with Crippen LogP contribution >= 0.6 is 11.8 Å². The van der Waals surface area contributed by atoms with Gasteiger partial charge < -0.3 is 4.57 Å². The molecule has 1 aromatic heterocycles. The molecule has 0 amide bonds. The van der Waals surface area contributed by atoms with Crippen LogP contribution in [0.25, 0.3) is 10.9 Å². The Morgan fingerprint density at radius 3 is 2.78 bits per heavy atom. The minimum Gasteiger partial charge on any atom is -0.311 e. The fourth-order valence-electron chi connectivity index (χ4n) is 1.80. The Bertz CT molecular complexity index is 651. The summed E-state index contributed by atoms with van der Waals surface area (Å²) in [5.74, 6) is 0.902. The molecule has 2 rings (SSSR count). The number of allylic oxidation sites excluding steroid dienone is 1. The third kappa shape index (κ3) is 2.67. The number of aryl methyl sites for hydroxylation is 1. The van der Waals surface area contributed by atoms with Gasteiger partial charge in [-0.15, -0.1) is 11.8 Å². The van der Waals surface area contributed by atoms with E-state index in [4.69, 9.17) is 0 Å². The van der Waals surface area contributed by atoms with E-state index in [1.165, 1.54) is 5.57 Å². The van der Waals surface area contributed by atoms with Gasteiger partial charge in [-0.1, -0.05) is 29.8 Å². The van der Waals surface area contributed by atoms with Crippen LogP contribution in [0.3, 0.4) is 0 Å². The fourth-order valence-corrected chi connectivity index (χ4v) is 2.91. The molecule has 1 heterocycles. The number of nitrogens with zero attached hydrogens (tertiary/aromatic N) is 1. The maximum atomic E-state index is 11.9. The Hall–Kier alpha value is -1.48. The van der Waals surface area contributed by atoms with Crippen LogP contribution in [0.5, 0.6) is 0 Å². The lowest BCUT2D eigenvalue weighted by atomic mass is 10.2. The average molecular weight is 259 g/mol. The SMILES string of the molecule is CC(C)=CCSc1cc(=O)n(C)c2ccccc12. The van der Waals surface area contributed by atoms with Crippen molar-refractivity contribution in [1.82, 2.24) is 4.57 Å². The lowest BCUT2D eigenvalue weighted by Crippen LogP contribution is -2.16. The summed E-state index contributed by atoms with van der Waals surface area (Å²) in [4.78, 5) is 12.9. The summed E-state index contributed by atoms with van der Waals surface area (Å²) >= 11 is 1.71. The molecule has 0 aliphatic rings. The summed E-state index contributed by atoms with van der Waals surface area (Å²) in [6, 6.07) is 9.76. The number of thioether (sulfide) groups is 1. The smallest absolute Gasteiger partial charge is 0.251 e. The molecule has 0 aliphatic heterocycles. The van der Waals surface area contributed by atoms with Gasteiger partial charge in [-0.2, -0.15) is 0 Å². The topological polar surface area (TPSA) is 22.0 Å². The van der Waals surface area contributed by atoms with Crippen LogP contribution in [-0.2, 0) is 7.05 Å². The Morgan fingerprint density at radius 1 is 1.33 bits per heavy atom. The van der Waals surface area contributed by atoms with E-state index in [-0.39, 0.29) is 5.56 Å². The highest BCUT2D eigenvalue weighted by molar-refractivity contribution is 7.99. The molecule has 0 saturated carbocycles. The van der Waals surface area contributed by atoms with Gasteiger partial charge in [-0.3, -0.25) is 4.79 Å². The molecule has 0 N–H and O–H groups in total. The molecule has 1 aromatic carbocycles. The van der Waals surface area contributed by atoms with Gasteiger partial charge >= 0.3 is 0 Å². The zero-order chi connectivity index (χ0) is 13.1. The Morgan fingerprint density at radius 2 is 2.06 bits per heavy atom. The van der Waals surface area contributed by atoms with Crippen molar-refractivity contribution in [1.29, 1.82) is 0 Å². The summed E-state index contributed by atoms with van der Waals surface area (Å²) in [5.41, 5.74) is 2.34. The van der Waals surface area contributed by atoms with Crippen LogP contribution in [0.2, 0.25) is 0 Å². The summed E-state index contributed by atoms with van der Waals surface area (Å²) in [6.07, 6.45) is 2.18. The second kappa shape index (κ2) is 5.44. The molecule has 0 aliphatic carbocycles. The highest BCUT2D eigenvalue weighted by Gasteiger charge is 2.05. The van der Waals surface area contributed by atoms with Gasteiger partial charge in [0.1, 0.15) is 0 Å². The van der Waals surface area contributed by atoms with Gasteiger partial charge in [0.25, 0.3) is 5.56 Å². The highest BCUT2D eigenvalue weighted by atomic mass is 32.2. The summed E-state index contributed by atoms with van der Waals surface area (Å²) in [7, 11) is 1.81. The Kier molecular flexibility index (Phi) is 3.92. The van der Waals surface area contributed by atoms with Gasteiger partial charge in [-0.25, -0.2) is 0 Å². The first kappa shape index (κ1) is 13.0. The van der Waals surface area contributed by atoms with E-state index in [1.807, 2.05) is 25.2 Å². The van der Waals surface area contributed by atoms with Gasteiger partial charge in [0.15, 0.2) is 0 Å². The molecule has 0 spiro atoms. The van der Waals surface area contributed by atoms with Crippen LogP contribution in [0.4, 0.5) is 0 Å². The molecule has 2 aromatic rings. The maximum absolute atomic E-state index is 11.9. The van der Waals surface area contributed by atoms with Crippen molar-refractivity contribution in [2.45, 2.75) is 18.7 Å². The third-order valence-corrected chi connectivity index (χ3v) is 3.83. The Labute approximate surface area is 111 Å². The van der Waals surface area contributed by atoms with Crippen LogP contribution in [0.1, 0.15) is 13.8 Å². The van der Waals surface area contributed by atoms with E-state index >= 15 is 0 Å². The largest absolute Gasteiger partial charge is 0.311 e. The van der Waals surface area contributed by atoms with E-state index in [0.717, 1.165) is 21.6 Å². The lowest BCUT2D eigenvalue weighted by molar-refractivity contribution is 0.898. The van der Waals surface area contributed by atoms with Gasteiger partial charge in [-0.05, 0) is 19.9 Å². The lowest BCUT2D eigenvalue weighted by Gasteiger charge is -2.08. The number of aromatic nitrogens is 1. The second-order valence-electron chi connectivity index (χ2n) is 4.52. The van der Waals surface area contributed by atoms with Crippen molar-refractivity contribution in [3.8, 4) is 0 Å². The van der Waals surface area contributed by atoms with Crippen molar-refractivity contribution in [3.05, 3.63) is 52.3 Å². The molecule has 2 nitrogen and oxygen atoms in total. The van der Waals surface area contributed by atoms with Crippen molar-refractivity contribution in [2.75, 3.05) is 5.75 Å². The van der Waals surface area contributed by atoms with Crippen LogP contribution in [0, 0.1) is 0 Å². The van der Waals surface area contributed by atoms with E-state index in [0.29, 0.717) is 0 Å². The predicted octanol–water partition coefficient (Wildman–Crippen LogP) is 3.60. The van der Waals surface area contributed by atoms with E-state index in [9.17, 15) is 4.79 Å². The summed E-state index contributed by atoms with van der Waals surface area (Å²) in [6.45, 7) is 4.17. The molecule has 0 bridgehead atoms. The first-order valence-corrected chi connectivity index (χ1v) is 6.93. The molecule has 0 atom stereocenters. The van der Waals surface area contributed by atoms with Crippen LogP contribution < -0.4 is 5.56 Å². The third-order valence-electron chi connectivity index (χ3n) is 2.85. The standard InChI is InChI=1S/C15H17NOS/c1-11(2)8-9-18-14-10-15(17)16(3)13-7-5-4-6-12(13)14/h4-8,10H,9H2,1-3H3. The number of rotatable bonds is 3. The predicted molar refractivity (Wildman–Crippen MR) is 79.3 cm³/mol. The number of benzene rings is 1. The number of pyridine rings is 1. The zero-order valence-corrected chi connectivity index (χ0v) is 11.8. The van der Waals surface area contributed by atoms with Crippen molar-refractivity contribution >= 4 is 22.7 Å². The molecular weight excluding hydrogens is 242 g/mol. The number of para-hydroxylation sites is 1. The molecule has 94 valence electrons. The van der Waals surface area contributed by atoms with Crippen LogP contribution in [0.15, 0.2) is 51.7 Å². The molecule has 18 heavy (non-hydrogen) atoms. The normalized spacial score (nSPS) is 10.6. The summed E-state index contributed by atoms with van der Waals surface area (Å²) in [5, 5.41) is 1.15. The number of hydrogen-bond acceptors (Lipinski definition) is 2. The maximum Gasteiger partial charge on any atom is 0.251 e. The van der Waals surface area contributed by atoms with E-state index in [2.05, 4.69) is 26.0 Å².